The van der Waals surface area contributed by atoms with Crippen LogP contribution in [-0.2, 0) is 9.05 Å². The lowest BCUT2D eigenvalue weighted by atomic mass is 9.98. The zero-order valence-corrected chi connectivity index (χ0v) is 13.1. The second-order valence-electron chi connectivity index (χ2n) is 4.12. The molecule has 1 atom stereocenters. The minimum Gasteiger partial charge on any atom is -0.489 e. The molecule has 0 N–H and O–H groups in total. The Balaban J connectivity index is 3.17. The van der Waals surface area contributed by atoms with Gasteiger partial charge in [0, 0.05) is 16.2 Å². The first-order chi connectivity index (χ1) is 8.90. The molecule has 106 valence electrons. The Morgan fingerprint density at radius 1 is 1.42 bits per heavy atom. The van der Waals surface area contributed by atoms with Crippen LogP contribution in [0.25, 0.3) is 0 Å². The monoisotopic (exact) mass is 322 g/mol. The Labute approximate surface area is 123 Å². The molecule has 0 heterocycles. The highest BCUT2D eigenvalue weighted by atomic mass is 35.7. The van der Waals surface area contributed by atoms with Gasteiger partial charge in [-0.1, -0.05) is 25.4 Å². The number of hydrogen-bond acceptors (Lipinski definition) is 3. The molecule has 3 nitrogen and oxygen atoms in total. The minimum atomic E-state index is -3.73. The van der Waals surface area contributed by atoms with E-state index in [1.165, 1.54) is 11.6 Å². The number of halogens is 2. The van der Waals surface area contributed by atoms with Gasteiger partial charge in [-0.05, 0) is 42.2 Å². The molecular weight excluding hydrogens is 307 g/mol. The Morgan fingerprint density at radius 2 is 2.11 bits per heavy atom. The van der Waals surface area contributed by atoms with Crippen LogP contribution in [0.5, 0.6) is 5.75 Å². The highest BCUT2D eigenvalue weighted by molar-refractivity contribution is 8.13. The van der Waals surface area contributed by atoms with Crippen LogP contribution in [0.1, 0.15) is 31.7 Å². The summed E-state index contributed by atoms with van der Waals surface area (Å²) in [6.07, 6.45) is 2.53. The second kappa shape index (κ2) is 7.17. The first kappa shape index (κ1) is 16.3. The Morgan fingerprint density at radius 3 is 2.63 bits per heavy atom. The second-order valence-corrected chi connectivity index (χ2v) is 6.94. The summed E-state index contributed by atoms with van der Waals surface area (Å²) in [4.78, 5) is 0.0877. The maximum absolute atomic E-state index is 11.4. The fourth-order valence-electron chi connectivity index (χ4n) is 1.59. The van der Waals surface area contributed by atoms with Crippen molar-refractivity contribution in [3.8, 4) is 5.75 Å². The van der Waals surface area contributed by atoms with Crippen LogP contribution in [-0.4, -0.2) is 15.0 Å². The molecule has 0 bridgehead atoms. The van der Waals surface area contributed by atoms with Crippen molar-refractivity contribution in [3.05, 3.63) is 35.4 Å². The number of hydrogen-bond donors (Lipinski definition) is 0. The first-order valence-electron chi connectivity index (χ1n) is 5.86. The number of benzene rings is 1. The van der Waals surface area contributed by atoms with E-state index in [4.69, 9.17) is 27.0 Å². The molecule has 6 heteroatoms. The highest BCUT2D eigenvalue weighted by Gasteiger charge is 2.16. The lowest BCUT2D eigenvalue weighted by Gasteiger charge is -2.16. The van der Waals surface area contributed by atoms with Gasteiger partial charge < -0.3 is 4.74 Å². The summed E-state index contributed by atoms with van der Waals surface area (Å²) in [7, 11) is 1.63. The van der Waals surface area contributed by atoms with Crippen molar-refractivity contribution in [2.24, 2.45) is 0 Å². The van der Waals surface area contributed by atoms with E-state index in [-0.39, 0.29) is 10.8 Å². The van der Waals surface area contributed by atoms with Crippen LogP contribution in [0.2, 0.25) is 0 Å². The summed E-state index contributed by atoms with van der Waals surface area (Å²) in [5.74, 6) is 0.821. The van der Waals surface area contributed by atoms with Crippen LogP contribution in [0.3, 0.4) is 0 Å². The maximum Gasteiger partial charge on any atom is 0.261 e. The largest absolute Gasteiger partial charge is 0.489 e. The van der Waals surface area contributed by atoms with Crippen molar-refractivity contribution in [3.63, 3.8) is 0 Å². The molecular formula is C13H16Cl2O3S. The fraction of sp³-hybridized carbons (Fsp3) is 0.385. The van der Waals surface area contributed by atoms with E-state index < -0.39 is 9.05 Å². The van der Waals surface area contributed by atoms with E-state index in [0.29, 0.717) is 12.4 Å². The molecule has 0 radical (unpaired) electrons. The summed E-state index contributed by atoms with van der Waals surface area (Å²) in [5, 5.41) is 0. The van der Waals surface area contributed by atoms with Gasteiger partial charge in [-0.3, -0.25) is 0 Å². The predicted octanol–water partition coefficient (Wildman–Crippen LogP) is 4.26. The average molecular weight is 323 g/mol. The van der Waals surface area contributed by atoms with E-state index in [1.54, 1.807) is 18.2 Å². The van der Waals surface area contributed by atoms with Crippen molar-refractivity contribution >= 4 is 31.3 Å². The summed E-state index contributed by atoms with van der Waals surface area (Å²) in [5.41, 5.74) is 2.20. The molecule has 1 rings (SSSR count). The molecule has 0 aliphatic rings. The van der Waals surface area contributed by atoms with Crippen LogP contribution in [0.4, 0.5) is 0 Å². The Hall–Kier alpha value is -0.710. The van der Waals surface area contributed by atoms with E-state index in [9.17, 15) is 8.42 Å². The van der Waals surface area contributed by atoms with Crippen molar-refractivity contribution in [2.45, 2.75) is 31.1 Å². The topological polar surface area (TPSA) is 43.4 Å². The van der Waals surface area contributed by atoms with Crippen molar-refractivity contribution in [1.29, 1.82) is 0 Å². The number of rotatable bonds is 6. The maximum atomic E-state index is 11.4. The van der Waals surface area contributed by atoms with Gasteiger partial charge in [0.05, 0.1) is 4.90 Å². The SMILES string of the molecule is CCC(C)c1cc(S(=O)(=O)Cl)ccc1OC/C=C/Cl. The molecule has 0 aromatic heterocycles. The van der Waals surface area contributed by atoms with E-state index in [0.717, 1.165) is 12.0 Å². The standard InChI is InChI=1S/C13H16Cl2O3S/c1-3-10(2)12-9-11(19(15,16)17)5-6-13(12)18-8-4-7-14/h4-7,9-10H,3,8H2,1-2H3/b7-4+. The smallest absolute Gasteiger partial charge is 0.261 e. The number of ether oxygens (including phenoxy) is 1. The van der Waals surface area contributed by atoms with E-state index in [2.05, 4.69) is 0 Å². The molecule has 0 aliphatic heterocycles. The van der Waals surface area contributed by atoms with E-state index in [1.807, 2.05) is 13.8 Å². The van der Waals surface area contributed by atoms with Gasteiger partial charge in [-0.2, -0.15) is 0 Å². The van der Waals surface area contributed by atoms with Crippen molar-refractivity contribution in [2.75, 3.05) is 6.61 Å². The third-order valence-electron chi connectivity index (χ3n) is 2.83. The normalized spacial score (nSPS) is 13.7. The lowest BCUT2D eigenvalue weighted by Crippen LogP contribution is -2.02. The fourth-order valence-corrected chi connectivity index (χ4v) is 2.45. The Kier molecular flexibility index (Phi) is 6.17. The predicted molar refractivity (Wildman–Crippen MR) is 78.7 cm³/mol. The molecule has 19 heavy (non-hydrogen) atoms. The van der Waals surface area contributed by atoms with Gasteiger partial charge in [0.15, 0.2) is 0 Å². The average Bonchev–Trinajstić information content (AvgIpc) is 2.37. The minimum absolute atomic E-state index is 0.0877. The summed E-state index contributed by atoms with van der Waals surface area (Å²) in [6.45, 7) is 4.36. The van der Waals surface area contributed by atoms with Crippen LogP contribution in [0.15, 0.2) is 34.7 Å². The first-order valence-corrected chi connectivity index (χ1v) is 8.61. The van der Waals surface area contributed by atoms with Gasteiger partial charge in [0.1, 0.15) is 12.4 Å². The van der Waals surface area contributed by atoms with Gasteiger partial charge in [0.2, 0.25) is 0 Å². The van der Waals surface area contributed by atoms with Gasteiger partial charge in [-0.15, -0.1) is 0 Å². The zero-order valence-electron chi connectivity index (χ0n) is 10.8. The van der Waals surface area contributed by atoms with Crippen molar-refractivity contribution in [1.82, 2.24) is 0 Å². The molecule has 0 aliphatic carbocycles. The molecule has 0 saturated heterocycles. The van der Waals surface area contributed by atoms with Gasteiger partial charge >= 0.3 is 0 Å². The highest BCUT2D eigenvalue weighted by Crippen LogP contribution is 2.32. The molecule has 1 aromatic rings. The lowest BCUT2D eigenvalue weighted by molar-refractivity contribution is 0.356. The third-order valence-corrected chi connectivity index (χ3v) is 4.36. The van der Waals surface area contributed by atoms with Crippen LogP contribution in [0, 0.1) is 0 Å². The van der Waals surface area contributed by atoms with Gasteiger partial charge in [-0.25, -0.2) is 8.42 Å². The van der Waals surface area contributed by atoms with E-state index >= 15 is 0 Å². The zero-order chi connectivity index (χ0) is 14.5. The van der Waals surface area contributed by atoms with Crippen LogP contribution >= 0.6 is 22.3 Å². The third kappa shape index (κ3) is 4.71. The summed E-state index contributed by atoms with van der Waals surface area (Å²) >= 11 is 5.43. The molecule has 1 aromatic carbocycles. The van der Waals surface area contributed by atoms with Crippen molar-refractivity contribution < 1.29 is 13.2 Å². The Bertz CT molecular complexity index is 553. The molecule has 0 fully saturated rings. The summed E-state index contributed by atoms with van der Waals surface area (Å²) in [6, 6.07) is 4.63. The molecule has 0 spiro atoms. The van der Waals surface area contributed by atoms with Gasteiger partial charge in [0.25, 0.3) is 9.05 Å². The molecule has 0 amide bonds. The summed E-state index contributed by atoms with van der Waals surface area (Å²) < 4.78 is 28.3. The molecule has 0 saturated carbocycles. The molecule has 1 unspecified atom stereocenters. The van der Waals surface area contributed by atoms with Crippen LogP contribution < -0.4 is 4.74 Å². The quantitative estimate of drug-likeness (QED) is 0.735.